The number of carbonyl (C=O) groups excluding carboxylic acids is 2. The highest BCUT2D eigenvalue weighted by atomic mass is 31.0. The predicted octanol–water partition coefficient (Wildman–Crippen LogP) is 6.52. The second kappa shape index (κ2) is 11.7. The molecule has 0 N–H and O–H groups in total. The fourth-order valence-electron chi connectivity index (χ4n) is 3.78. The Hall–Kier alpha value is -3.10. The van der Waals surface area contributed by atoms with Gasteiger partial charge in [0.15, 0.2) is 5.78 Å². The quantitative estimate of drug-likeness (QED) is 0.181. The molecule has 0 aliphatic heterocycles. The number of benzene rings is 3. The van der Waals surface area contributed by atoms with Crippen molar-refractivity contribution in [3.05, 3.63) is 106 Å². The van der Waals surface area contributed by atoms with E-state index in [1.54, 1.807) is 12.1 Å². The third kappa shape index (κ3) is 6.69. The smallest absolute Gasteiger partial charge is 0.321 e. The van der Waals surface area contributed by atoms with Gasteiger partial charge in [0.25, 0.3) is 0 Å². The normalized spacial score (nSPS) is 11.7. The molecule has 3 aromatic carbocycles. The molecule has 0 saturated heterocycles. The van der Waals surface area contributed by atoms with Crippen molar-refractivity contribution in [3.8, 4) is 0 Å². The van der Waals surface area contributed by atoms with Gasteiger partial charge in [0.1, 0.15) is 12.5 Å². The standard InChI is InChI=1S/C28H30O3.H2OP/c1-19-16-23(28(3,4)5)17-20(2)24(19)26(29)25(22-14-10-7-11-15-22)27(30)31-18-21-12-8-6-9-13-21;1-2/h6-17,25H,18H2,1-5H3;2H2/q;+1. The molecule has 0 aliphatic carbocycles. The Bertz CT molecular complexity index is 1060. The van der Waals surface area contributed by atoms with Gasteiger partial charge >= 0.3 is 15.1 Å². The number of hydrogen-bond donors (Lipinski definition) is 0. The van der Waals surface area contributed by atoms with E-state index in [2.05, 4.69) is 32.9 Å². The highest BCUT2D eigenvalue weighted by Gasteiger charge is 2.33. The molecule has 0 saturated carbocycles. The molecule has 0 fully saturated rings. The summed E-state index contributed by atoms with van der Waals surface area (Å²) in [5, 5.41) is 0. The van der Waals surface area contributed by atoms with Gasteiger partial charge in [-0.25, -0.2) is 0 Å². The van der Waals surface area contributed by atoms with Crippen LogP contribution in [-0.2, 0) is 26.1 Å². The van der Waals surface area contributed by atoms with Gasteiger partial charge < -0.3 is 4.74 Å². The second-order valence-corrected chi connectivity index (χ2v) is 9.04. The molecule has 4 nitrogen and oxygen atoms in total. The van der Waals surface area contributed by atoms with E-state index in [0.717, 1.165) is 16.7 Å². The van der Waals surface area contributed by atoms with E-state index in [1.807, 2.05) is 62.4 Å². The van der Waals surface area contributed by atoms with Gasteiger partial charge in [-0.3, -0.25) is 9.59 Å². The molecule has 0 heterocycles. The summed E-state index contributed by atoms with van der Waals surface area (Å²) in [6, 6.07) is 22.8. The summed E-state index contributed by atoms with van der Waals surface area (Å²) >= 11 is 0. The zero-order valence-corrected chi connectivity index (χ0v) is 21.1. The molecule has 3 aromatic rings. The van der Waals surface area contributed by atoms with Crippen LogP contribution >= 0.6 is 9.12 Å². The van der Waals surface area contributed by atoms with Crippen molar-refractivity contribution in [2.24, 2.45) is 0 Å². The number of aryl methyl sites for hydroxylation is 2. The largest absolute Gasteiger partial charge is 0.460 e. The van der Waals surface area contributed by atoms with E-state index < -0.39 is 11.9 Å². The lowest BCUT2D eigenvalue weighted by atomic mass is 9.81. The van der Waals surface area contributed by atoms with E-state index in [9.17, 15) is 9.59 Å². The van der Waals surface area contributed by atoms with Crippen molar-refractivity contribution in [2.45, 2.75) is 52.6 Å². The summed E-state index contributed by atoms with van der Waals surface area (Å²) in [6.45, 7) is 10.5. The summed E-state index contributed by atoms with van der Waals surface area (Å²) in [5.41, 5.74) is 5.03. The Morgan fingerprint density at radius 1 is 0.848 bits per heavy atom. The maximum atomic E-state index is 13.7. The van der Waals surface area contributed by atoms with E-state index in [1.165, 1.54) is 14.7 Å². The lowest BCUT2D eigenvalue weighted by molar-refractivity contribution is -0.145. The molecule has 0 aromatic heterocycles. The lowest BCUT2D eigenvalue weighted by Gasteiger charge is -2.23. The Balaban J connectivity index is 0.00000187. The van der Waals surface area contributed by atoms with Gasteiger partial charge in [0, 0.05) is 5.56 Å². The summed E-state index contributed by atoms with van der Waals surface area (Å²) < 4.78 is 13.8. The Morgan fingerprint density at radius 3 is 1.82 bits per heavy atom. The van der Waals surface area contributed by atoms with Crippen molar-refractivity contribution in [1.29, 1.82) is 0 Å². The van der Waals surface area contributed by atoms with Gasteiger partial charge in [-0.2, -0.15) is 0 Å². The first kappa shape index (κ1) is 26.2. The van der Waals surface area contributed by atoms with Crippen molar-refractivity contribution in [2.75, 3.05) is 0 Å². The highest BCUT2D eigenvalue weighted by molar-refractivity contribution is 7.00. The molecule has 0 amide bonds. The molecular formula is C28H32O4P+. The zero-order chi connectivity index (χ0) is 24.6. The van der Waals surface area contributed by atoms with Gasteiger partial charge in [-0.1, -0.05) is 98.1 Å². The molecule has 5 heteroatoms. The highest BCUT2D eigenvalue weighted by Crippen LogP contribution is 2.31. The van der Waals surface area contributed by atoms with Crippen LogP contribution in [0.4, 0.5) is 0 Å². The third-order valence-corrected chi connectivity index (χ3v) is 5.50. The summed E-state index contributed by atoms with van der Waals surface area (Å²) in [7, 11) is 1.17. The van der Waals surface area contributed by atoms with E-state index >= 15 is 0 Å². The van der Waals surface area contributed by atoms with Gasteiger partial charge in [-0.15, -0.1) is 0 Å². The van der Waals surface area contributed by atoms with Crippen LogP contribution in [0, 0.1) is 13.8 Å². The minimum absolute atomic E-state index is 0.0233. The number of ketones is 1. The molecule has 172 valence electrons. The number of rotatable bonds is 6. The molecule has 3 rings (SSSR count). The number of carbonyl (C=O) groups is 2. The predicted molar refractivity (Wildman–Crippen MR) is 135 cm³/mol. The molecule has 33 heavy (non-hydrogen) atoms. The van der Waals surface area contributed by atoms with Crippen LogP contribution in [0.2, 0.25) is 0 Å². The number of hydrogen-bond acceptors (Lipinski definition) is 4. The molecule has 2 atom stereocenters. The molecule has 0 aliphatic rings. The molecule has 0 bridgehead atoms. The van der Waals surface area contributed by atoms with Crippen LogP contribution < -0.4 is 0 Å². The van der Waals surface area contributed by atoms with Crippen LogP contribution in [0.1, 0.15) is 64.9 Å². The fraction of sp³-hybridized carbons (Fsp3) is 0.286. The van der Waals surface area contributed by atoms with E-state index in [-0.39, 0.29) is 17.8 Å². The van der Waals surface area contributed by atoms with Gasteiger partial charge in [0.2, 0.25) is 0 Å². The summed E-state index contributed by atoms with van der Waals surface area (Å²) in [6.07, 6.45) is 0. The average Bonchev–Trinajstić information content (AvgIpc) is 2.79. The second-order valence-electron chi connectivity index (χ2n) is 9.04. The van der Waals surface area contributed by atoms with E-state index in [0.29, 0.717) is 11.1 Å². The fourth-order valence-corrected chi connectivity index (χ4v) is 3.78. The Morgan fingerprint density at radius 2 is 1.33 bits per heavy atom. The SMILES string of the molecule is Cc1cc(C(C)(C)C)cc(C)c1C(=O)C(C(=O)OCc1ccccc1)c1ccccc1.O=[PH2+]. The van der Waals surface area contributed by atoms with Crippen LogP contribution in [-0.4, -0.2) is 11.8 Å². The summed E-state index contributed by atoms with van der Waals surface area (Å²) in [5.74, 6) is -1.75. The maximum absolute atomic E-state index is 13.7. The summed E-state index contributed by atoms with van der Waals surface area (Å²) in [4.78, 5) is 26.8. The number of Topliss-reactive ketones (excluding diaryl/α,β-unsaturated/α-hetero) is 1. The number of ether oxygens (including phenoxy) is 1. The zero-order valence-electron chi connectivity index (χ0n) is 19.9. The van der Waals surface area contributed by atoms with Crippen molar-refractivity contribution < 1.29 is 18.9 Å². The average molecular weight is 464 g/mol. The monoisotopic (exact) mass is 463 g/mol. The first-order valence-electron chi connectivity index (χ1n) is 10.8. The maximum Gasteiger partial charge on any atom is 0.321 e. The third-order valence-electron chi connectivity index (χ3n) is 5.50. The number of esters is 1. The minimum atomic E-state index is -0.997. The van der Waals surface area contributed by atoms with Crippen LogP contribution in [0.5, 0.6) is 0 Å². The Kier molecular flexibility index (Phi) is 9.25. The minimum Gasteiger partial charge on any atom is -0.460 e. The van der Waals surface area contributed by atoms with Crippen LogP contribution in [0.3, 0.4) is 0 Å². The Labute approximate surface area is 198 Å². The molecule has 2 unspecified atom stereocenters. The first-order valence-corrected chi connectivity index (χ1v) is 11.3. The van der Waals surface area contributed by atoms with Crippen molar-refractivity contribution in [1.82, 2.24) is 0 Å². The molecular weight excluding hydrogens is 431 g/mol. The van der Waals surface area contributed by atoms with E-state index in [4.69, 9.17) is 9.30 Å². The van der Waals surface area contributed by atoms with Crippen molar-refractivity contribution >= 4 is 20.9 Å². The van der Waals surface area contributed by atoms with Crippen LogP contribution in [0.25, 0.3) is 0 Å². The molecule has 0 spiro atoms. The lowest BCUT2D eigenvalue weighted by Crippen LogP contribution is -2.26. The van der Waals surface area contributed by atoms with Crippen molar-refractivity contribution in [3.63, 3.8) is 0 Å². The molecule has 0 radical (unpaired) electrons. The van der Waals surface area contributed by atoms with Gasteiger partial charge in [-0.05, 0) is 47.1 Å². The van der Waals surface area contributed by atoms with Crippen LogP contribution in [0.15, 0.2) is 72.8 Å². The van der Waals surface area contributed by atoms with Gasteiger partial charge in [0.05, 0.1) is 0 Å². The topological polar surface area (TPSA) is 60.4 Å². The first-order chi connectivity index (χ1) is 15.7.